The van der Waals surface area contributed by atoms with Gasteiger partial charge in [0.25, 0.3) is 5.91 Å². The molecule has 20 heavy (non-hydrogen) atoms. The van der Waals surface area contributed by atoms with Gasteiger partial charge in [0.2, 0.25) is 0 Å². The number of hydrogen-bond donors (Lipinski definition) is 2. The van der Waals surface area contributed by atoms with E-state index in [0.29, 0.717) is 12.3 Å². The third-order valence-electron chi connectivity index (χ3n) is 3.58. The van der Waals surface area contributed by atoms with Gasteiger partial charge in [0, 0.05) is 17.5 Å². The molecule has 4 nitrogen and oxygen atoms in total. The number of benzene rings is 1. The van der Waals surface area contributed by atoms with Crippen LogP contribution in [0, 0.1) is 20.8 Å². The molecule has 2 N–H and O–H groups in total. The standard InChI is InChI=1S/C16H22N2O2/c1-10-6-7-11(2)14-13(10)12(3)15(20-14)16(19)18-9-5-8-17-4/h6-7,17H,5,8-9H2,1-4H3,(H,18,19). The fourth-order valence-corrected chi connectivity index (χ4v) is 2.44. The molecule has 0 aliphatic heterocycles. The average Bonchev–Trinajstić information content (AvgIpc) is 2.78. The Bertz CT molecular complexity index is 629. The zero-order chi connectivity index (χ0) is 14.7. The molecule has 0 saturated heterocycles. The molecule has 0 fully saturated rings. The molecule has 2 rings (SSSR count). The zero-order valence-electron chi connectivity index (χ0n) is 12.6. The quantitative estimate of drug-likeness (QED) is 0.824. The molecule has 0 aliphatic rings. The number of fused-ring (bicyclic) bond motifs is 1. The third-order valence-corrected chi connectivity index (χ3v) is 3.58. The fourth-order valence-electron chi connectivity index (χ4n) is 2.44. The highest BCUT2D eigenvalue weighted by atomic mass is 16.3. The van der Waals surface area contributed by atoms with Crippen molar-refractivity contribution in [1.29, 1.82) is 0 Å². The molecule has 0 radical (unpaired) electrons. The van der Waals surface area contributed by atoms with Crippen molar-refractivity contribution >= 4 is 16.9 Å². The van der Waals surface area contributed by atoms with Gasteiger partial charge in [-0.2, -0.15) is 0 Å². The van der Waals surface area contributed by atoms with E-state index in [0.717, 1.165) is 40.6 Å². The number of furan rings is 1. The minimum absolute atomic E-state index is 0.131. The summed E-state index contributed by atoms with van der Waals surface area (Å²) in [7, 11) is 1.90. The highest BCUT2D eigenvalue weighted by Crippen LogP contribution is 2.30. The van der Waals surface area contributed by atoms with E-state index in [-0.39, 0.29) is 5.91 Å². The van der Waals surface area contributed by atoms with Crippen molar-refractivity contribution in [3.8, 4) is 0 Å². The summed E-state index contributed by atoms with van der Waals surface area (Å²) in [5, 5.41) is 7.02. The van der Waals surface area contributed by atoms with Crippen LogP contribution in [0.25, 0.3) is 11.0 Å². The maximum Gasteiger partial charge on any atom is 0.287 e. The van der Waals surface area contributed by atoms with Gasteiger partial charge in [0.05, 0.1) is 0 Å². The van der Waals surface area contributed by atoms with Crippen molar-refractivity contribution in [3.63, 3.8) is 0 Å². The van der Waals surface area contributed by atoms with Gasteiger partial charge in [-0.25, -0.2) is 0 Å². The molecular formula is C16H22N2O2. The van der Waals surface area contributed by atoms with E-state index in [4.69, 9.17) is 4.42 Å². The van der Waals surface area contributed by atoms with Crippen LogP contribution in [0.4, 0.5) is 0 Å². The van der Waals surface area contributed by atoms with Crippen molar-refractivity contribution in [2.24, 2.45) is 0 Å². The summed E-state index contributed by atoms with van der Waals surface area (Å²) >= 11 is 0. The van der Waals surface area contributed by atoms with Gasteiger partial charge in [-0.05, 0) is 51.9 Å². The van der Waals surface area contributed by atoms with Crippen LogP contribution in [-0.2, 0) is 0 Å². The smallest absolute Gasteiger partial charge is 0.287 e. The van der Waals surface area contributed by atoms with E-state index in [1.165, 1.54) is 0 Å². The van der Waals surface area contributed by atoms with Crippen LogP contribution in [0.15, 0.2) is 16.5 Å². The van der Waals surface area contributed by atoms with Crippen LogP contribution in [0.1, 0.15) is 33.7 Å². The molecule has 1 heterocycles. The molecule has 1 aromatic carbocycles. The summed E-state index contributed by atoms with van der Waals surface area (Å²) in [6.45, 7) is 7.52. The molecule has 0 atom stereocenters. The van der Waals surface area contributed by atoms with Gasteiger partial charge in [-0.3, -0.25) is 4.79 Å². The predicted molar refractivity (Wildman–Crippen MR) is 81.3 cm³/mol. The van der Waals surface area contributed by atoms with Crippen LogP contribution < -0.4 is 10.6 Å². The lowest BCUT2D eigenvalue weighted by molar-refractivity contribution is 0.0927. The molecule has 0 unspecified atom stereocenters. The largest absolute Gasteiger partial charge is 0.450 e. The van der Waals surface area contributed by atoms with Crippen molar-refractivity contribution in [3.05, 3.63) is 34.6 Å². The molecule has 0 spiro atoms. The van der Waals surface area contributed by atoms with E-state index < -0.39 is 0 Å². The van der Waals surface area contributed by atoms with Crippen LogP contribution in [0.3, 0.4) is 0 Å². The lowest BCUT2D eigenvalue weighted by Gasteiger charge is -2.03. The lowest BCUT2D eigenvalue weighted by atomic mass is 10.0. The first-order chi connectivity index (χ1) is 9.56. The number of carbonyl (C=O) groups is 1. The lowest BCUT2D eigenvalue weighted by Crippen LogP contribution is -2.26. The number of hydrogen-bond acceptors (Lipinski definition) is 3. The first-order valence-electron chi connectivity index (χ1n) is 6.98. The van der Waals surface area contributed by atoms with Gasteiger partial charge in [0.15, 0.2) is 5.76 Å². The number of carbonyl (C=O) groups excluding carboxylic acids is 1. The summed E-state index contributed by atoms with van der Waals surface area (Å²) in [6, 6.07) is 4.09. The Morgan fingerprint density at radius 1 is 1.15 bits per heavy atom. The van der Waals surface area contributed by atoms with E-state index in [9.17, 15) is 4.79 Å². The highest BCUT2D eigenvalue weighted by Gasteiger charge is 2.19. The monoisotopic (exact) mass is 274 g/mol. The maximum absolute atomic E-state index is 12.2. The number of amides is 1. The Balaban J connectivity index is 2.27. The summed E-state index contributed by atoms with van der Waals surface area (Å²) in [6.07, 6.45) is 0.902. The highest BCUT2D eigenvalue weighted by molar-refractivity contribution is 6.00. The number of aryl methyl sites for hydroxylation is 3. The Morgan fingerprint density at radius 3 is 2.50 bits per heavy atom. The van der Waals surface area contributed by atoms with Crippen molar-refractivity contribution in [2.75, 3.05) is 20.1 Å². The molecule has 1 aromatic heterocycles. The molecule has 0 saturated carbocycles. The van der Waals surface area contributed by atoms with Crippen LogP contribution in [0.2, 0.25) is 0 Å². The fraction of sp³-hybridized carbons (Fsp3) is 0.438. The molecule has 0 aliphatic carbocycles. The molecule has 2 aromatic rings. The summed E-state index contributed by atoms with van der Waals surface area (Å²) in [5.41, 5.74) is 3.94. The Hall–Kier alpha value is -1.81. The van der Waals surface area contributed by atoms with Crippen molar-refractivity contribution < 1.29 is 9.21 Å². The first-order valence-corrected chi connectivity index (χ1v) is 6.98. The van der Waals surface area contributed by atoms with E-state index in [2.05, 4.69) is 16.7 Å². The minimum atomic E-state index is -0.131. The molecule has 0 bridgehead atoms. The molecule has 1 amide bonds. The van der Waals surface area contributed by atoms with Crippen molar-refractivity contribution in [1.82, 2.24) is 10.6 Å². The van der Waals surface area contributed by atoms with Crippen LogP contribution in [0.5, 0.6) is 0 Å². The second kappa shape index (κ2) is 6.09. The summed E-state index contributed by atoms with van der Waals surface area (Å²) in [5.74, 6) is 0.301. The maximum atomic E-state index is 12.2. The molecular weight excluding hydrogens is 252 g/mol. The van der Waals surface area contributed by atoms with Gasteiger partial charge in [0.1, 0.15) is 5.58 Å². The second-order valence-electron chi connectivity index (χ2n) is 5.17. The summed E-state index contributed by atoms with van der Waals surface area (Å²) < 4.78 is 5.80. The van der Waals surface area contributed by atoms with Gasteiger partial charge in [-0.15, -0.1) is 0 Å². The van der Waals surface area contributed by atoms with Gasteiger partial charge in [-0.1, -0.05) is 12.1 Å². The first kappa shape index (κ1) is 14.6. The van der Waals surface area contributed by atoms with Gasteiger partial charge >= 0.3 is 0 Å². The Morgan fingerprint density at radius 2 is 1.85 bits per heavy atom. The summed E-state index contributed by atoms with van der Waals surface area (Å²) in [4.78, 5) is 12.2. The van der Waals surface area contributed by atoms with E-state index >= 15 is 0 Å². The van der Waals surface area contributed by atoms with E-state index in [1.54, 1.807) is 0 Å². The number of nitrogens with one attached hydrogen (secondary N) is 2. The van der Waals surface area contributed by atoms with Gasteiger partial charge < -0.3 is 15.1 Å². The topological polar surface area (TPSA) is 54.3 Å². The van der Waals surface area contributed by atoms with Crippen LogP contribution >= 0.6 is 0 Å². The molecule has 4 heteroatoms. The zero-order valence-corrected chi connectivity index (χ0v) is 12.6. The second-order valence-corrected chi connectivity index (χ2v) is 5.17. The number of rotatable bonds is 5. The third kappa shape index (κ3) is 2.70. The minimum Gasteiger partial charge on any atom is -0.450 e. The molecule has 108 valence electrons. The average molecular weight is 274 g/mol. The van der Waals surface area contributed by atoms with Crippen molar-refractivity contribution in [2.45, 2.75) is 27.2 Å². The Kier molecular flexibility index (Phi) is 4.45. The van der Waals surface area contributed by atoms with E-state index in [1.807, 2.05) is 33.9 Å². The Labute approximate surface area is 119 Å². The normalized spacial score (nSPS) is 11.0. The van der Waals surface area contributed by atoms with Crippen LogP contribution in [-0.4, -0.2) is 26.0 Å². The predicted octanol–water partition coefficient (Wildman–Crippen LogP) is 2.70. The SMILES string of the molecule is CNCCCNC(=O)c1oc2c(C)ccc(C)c2c1C.